The smallest absolute Gasteiger partial charge is 0.129 e. The summed E-state index contributed by atoms with van der Waals surface area (Å²) in [7, 11) is 20.9. The van der Waals surface area contributed by atoms with Crippen molar-refractivity contribution in [2.45, 2.75) is 67.2 Å². The third-order valence-electron chi connectivity index (χ3n) is 29.0. The molecular formula is C120H108O12. The average molecular weight is 1740 g/mol. The first kappa shape index (κ1) is 88.3. The Morgan fingerprint density at radius 2 is 0.144 bits per heavy atom. The van der Waals surface area contributed by atoms with Crippen LogP contribution in [0.2, 0.25) is 0 Å². The molecule has 36 bridgehead atoms. The van der Waals surface area contributed by atoms with E-state index in [0.717, 1.165) is 134 Å². The van der Waals surface area contributed by atoms with E-state index in [1.807, 2.05) is 0 Å². The summed E-state index contributed by atoms with van der Waals surface area (Å²) in [4.78, 5) is 0. The highest BCUT2D eigenvalue weighted by atomic mass is 16.5. The number of ether oxygens (including phenoxy) is 12. The highest BCUT2D eigenvalue weighted by Crippen LogP contribution is 2.50. The molecule has 0 saturated carbocycles. The Bertz CT molecular complexity index is 5080. The normalized spacial score (nSPS) is 27.9. The second kappa shape index (κ2) is 35.0. The number of methoxy groups -OCH3 is 12. The van der Waals surface area contributed by atoms with Crippen LogP contribution in [-0.2, 0) is 124 Å². The zero-order chi connectivity index (χ0) is 91.3. The maximum atomic E-state index is 6.37. The monoisotopic (exact) mass is 1740 g/mol. The Hall–Kier alpha value is -13.0. The van der Waals surface area contributed by atoms with Crippen LogP contribution in [0.15, 0.2) is 437 Å². The molecule has 0 N–H and O–H groups in total. The molecule has 0 aliphatic heterocycles. The molecule has 34 aliphatic rings. The fraction of sp³-hybridized carbons (Fsp3) is 0.200. The maximum Gasteiger partial charge on any atom is 0.129 e. The lowest BCUT2D eigenvalue weighted by molar-refractivity contribution is 0.0421. The van der Waals surface area contributed by atoms with Crippen LogP contribution in [0.4, 0.5) is 0 Å². The minimum absolute atomic E-state index is 0.828. The summed E-state index contributed by atoms with van der Waals surface area (Å²) in [5.74, 6) is 0. The van der Waals surface area contributed by atoms with Crippen molar-refractivity contribution in [2.24, 2.45) is 0 Å². The third kappa shape index (κ3) is 15.1. The predicted molar refractivity (Wildman–Crippen MR) is 525 cm³/mol. The number of benzene rings is 12. The molecule has 0 fully saturated rings. The lowest BCUT2D eigenvalue weighted by Gasteiger charge is -2.36. The van der Waals surface area contributed by atoms with E-state index in [2.05, 4.69) is 437 Å². The lowest BCUT2D eigenvalue weighted by atomic mass is 9.80. The minimum atomic E-state index is -0.828. The lowest BCUT2D eigenvalue weighted by Crippen LogP contribution is -2.33. The van der Waals surface area contributed by atoms with Crippen molar-refractivity contribution in [2.75, 3.05) is 85.3 Å². The third-order valence-corrected chi connectivity index (χ3v) is 29.0. The standard InChI is InChI=1S/C120H108O12/c1-121-109-61-63-110(122-2,64-62-109)98-39-15-87(16-40-98)88-19-43-100(44-20-88)113(125-5)69-71-114(126-6,72-70-113)102-47-23-91(24-48-102)92-27-51-104(52-28-92)117(129-9)77-79-118(130-10,80-78-117)106-55-31-95(32-56-106)96-35-59-108(60-36-96)120(132-12)83-81-119(131-11,82-84-120)107-57-33-94(34-58-107)93-29-53-105(54-30-93)116(128-8)75-73-115(127-7,74-76-116)103-49-25-90(26-50-103)89-21-45-101(46-22-89)112(124-4)67-65-111(123-3,66-68-112)99-41-17-86(18-42-99)85-13-37-97(109)38-14-85/h13-84H,1-12H3. The van der Waals surface area contributed by atoms with Crippen LogP contribution in [0.5, 0.6) is 0 Å². The molecule has 0 aromatic heterocycles. The van der Waals surface area contributed by atoms with Crippen molar-refractivity contribution in [1.29, 1.82) is 0 Å². The van der Waals surface area contributed by atoms with Crippen LogP contribution in [0, 0.1) is 0 Å². The van der Waals surface area contributed by atoms with E-state index in [4.69, 9.17) is 56.8 Å². The van der Waals surface area contributed by atoms with Gasteiger partial charge in [0.1, 0.15) is 67.2 Å². The van der Waals surface area contributed by atoms with Crippen LogP contribution in [0.3, 0.4) is 0 Å². The molecular weight excluding hydrogens is 1630 g/mol. The van der Waals surface area contributed by atoms with E-state index in [0.29, 0.717) is 0 Å². The molecule has 0 heterocycles. The Morgan fingerprint density at radius 1 is 0.0909 bits per heavy atom. The number of hydrogen-bond acceptors (Lipinski definition) is 12. The highest BCUT2D eigenvalue weighted by Gasteiger charge is 2.44. The van der Waals surface area contributed by atoms with E-state index in [-0.39, 0.29) is 0 Å². The summed E-state index contributed by atoms with van der Waals surface area (Å²) in [6.07, 6.45) is 50.3. The number of hydrogen-bond donors (Lipinski definition) is 0. The first-order chi connectivity index (χ1) is 64.3. The molecule has 0 spiro atoms. The molecule has 12 heteroatoms. The largest absolute Gasteiger partial charge is 0.365 e. The minimum Gasteiger partial charge on any atom is -0.365 e. The van der Waals surface area contributed by atoms with E-state index in [9.17, 15) is 0 Å². The van der Waals surface area contributed by atoms with E-state index in [1.54, 1.807) is 85.3 Å². The van der Waals surface area contributed by atoms with Crippen LogP contribution in [0.25, 0.3) is 66.8 Å². The van der Waals surface area contributed by atoms with Gasteiger partial charge in [-0.1, -0.05) is 291 Å². The summed E-state index contributed by atoms with van der Waals surface area (Å²) in [6.45, 7) is 0. The summed E-state index contributed by atoms with van der Waals surface area (Å²) < 4.78 is 76.4. The van der Waals surface area contributed by atoms with Crippen LogP contribution in [-0.4, -0.2) is 85.3 Å². The van der Waals surface area contributed by atoms with E-state index >= 15 is 0 Å². The molecule has 12 nitrogen and oxygen atoms in total. The van der Waals surface area contributed by atoms with Gasteiger partial charge in [-0.15, -0.1) is 0 Å². The predicted octanol–water partition coefficient (Wildman–Crippen LogP) is 25.1. The van der Waals surface area contributed by atoms with Gasteiger partial charge in [0, 0.05) is 85.3 Å². The van der Waals surface area contributed by atoms with Crippen molar-refractivity contribution in [3.8, 4) is 66.8 Å². The first-order valence-electron chi connectivity index (χ1n) is 44.6. The SMILES string of the molecule is COC12C=CC(OC)(C=C1)c1ccc(cc1)-c1ccc(cc1)C1(OC)C=CC(OC)(C=C1)c1ccc(cc1)-c1ccc(cc1)C1(OC)C=CC(OC)(C=C1)c1ccc(cc1)-c1ccc(cc1)C1(OC)C=CC(OC)(C=C1)c1ccc(cc1)-c1ccc(cc1)C1(OC)C=CC(OC)(C=C1)c1ccc(cc1)-c1ccc(cc1)C1(OC)C=CC(OC)(C=C1)c1ccc(cc1)-c1ccc2cc1. The van der Waals surface area contributed by atoms with Gasteiger partial charge in [0.2, 0.25) is 0 Å². The summed E-state index contributed by atoms with van der Waals surface area (Å²) in [6, 6.07) is 103. The fourth-order valence-corrected chi connectivity index (χ4v) is 20.1. The number of rotatable bonds is 12. The summed E-state index contributed by atoms with van der Waals surface area (Å²) in [5.41, 5.74) is 14.7. The summed E-state index contributed by atoms with van der Waals surface area (Å²) >= 11 is 0. The van der Waals surface area contributed by atoms with Gasteiger partial charge in [-0.2, -0.15) is 0 Å². The van der Waals surface area contributed by atoms with Gasteiger partial charge in [-0.05, 0) is 279 Å². The molecule has 660 valence electrons. The Morgan fingerprint density at radius 3 is 0.189 bits per heavy atom. The van der Waals surface area contributed by atoms with Gasteiger partial charge in [-0.25, -0.2) is 0 Å². The molecule has 12 aromatic rings. The molecule has 0 saturated heterocycles. The van der Waals surface area contributed by atoms with Gasteiger partial charge in [-0.3, -0.25) is 0 Å². The molecule has 34 aliphatic carbocycles. The van der Waals surface area contributed by atoms with Gasteiger partial charge in [0.25, 0.3) is 0 Å². The van der Waals surface area contributed by atoms with E-state index < -0.39 is 67.2 Å². The zero-order valence-corrected chi connectivity index (χ0v) is 76.5. The topological polar surface area (TPSA) is 111 Å². The van der Waals surface area contributed by atoms with Gasteiger partial charge in [0.05, 0.1) is 0 Å². The van der Waals surface area contributed by atoms with Crippen molar-refractivity contribution in [1.82, 2.24) is 0 Å². The van der Waals surface area contributed by atoms with Gasteiger partial charge >= 0.3 is 0 Å². The fourth-order valence-electron chi connectivity index (χ4n) is 20.1. The molecule has 0 atom stereocenters. The van der Waals surface area contributed by atoms with Crippen LogP contribution in [0.1, 0.15) is 66.8 Å². The van der Waals surface area contributed by atoms with Gasteiger partial charge in [0.15, 0.2) is 0 Å². The first-order valence-corrected chi connectivity index (χ1v) is 44.6. The quantitative estimate of drug-likeness (QED) is 0.109. The molecule has 0 radical (unpaired) electrons. The molecule has 132 heavy (non-hydrogen) atoms. The van der Waals surface area contributed by atoms with Crippen LogP contribution >= 0.6 is 0 Å². The van der Waals surface area contributed by atoms with Crippen molar-refractivity contribution in [3.63, 3.8) is 0 Å². The molecule has 0 unspecified atom stereocenters. The van der Waals surface area contributed by atoms with Crippen molar-refractivity contribution < 1.29 is 56.8 Å². The Balaban J connectivity index is 0.581. The highest BCUT2D eigenvalue weighted by molar-refractivity contribution is 5.73. The Kier molecular flexibility index (Phi) is 23.4. The zero-order valence-electron chi connectivity index (χ0n) is 76.5. The van der Waals surface area contributed by atoms with Crippen LogP contribution < -0.4 is 0 Å². The summed E-state index contributed by atoms with van der Waals surface area (Å²) in [5, 5.41) is 0. The van der Waals surface area contributed by atoms with E-state index in [1.165, 1.54) is 0 Å². The molecule has 12 aromatic carbocycles. The second-order valence-electron chi connectivity index (χ2n) is 34.9. The van der Waals surface area contributed by atoms with Crippen molar-refractivity contribution >= 4 is 0 Å². The molecule has 46 rings (SSSR count). The van der Waals surface area contributed by atoms with Crippen molar-refractivity contribution in [3.05, 3.63) is 504 Å². The van der Waals surface area contributed by atoms with Gasteiger partial charge < -0.3 is 56.8 Å². The maximum absolute atomic E-state index is 6.37. The Labute approximate surface area is 775 Å². The molecule has 0 amide bonds. The second-order valence-corrected chi connectivity index (χ2v) is 34.9. The average Bonchev–Trinajstić information content (AvgIpc) is 0.771.